The number of nitrogens with zero attached hydrogens (tertiary/aromatic N) is 2. The molecule has 0 N–H and O–H groups in total. The van der Waals surface area contributed by atoms with E-state index in [4.69, 9.17) is 0 Å². The van der Waals surface area contributed by atoms with Crippen LogP contribution in [0.15, 0.2) is 29.1 Å². The van der Waals surface area contributed by atoms with Gasteiger partial charge in [0.25, 0.3) is 0 Å². The average molecular weight is 225 g/mol. The number of carbonyl (C=O) groups excluding carboxylic acids is 1. The van der Waals surface area contributed by atoms with Gasteiger partial charge in [-0.1, -0.05) is 0 Å². The second-order valence-corrected chi connectivity index (χ2v) is 3.21. The summed E-state index contributed by atoms with van der Waals surface area (Å²) in [6, 6.07) is 3.76. The molecule has 0 unspecified atom stereocenters. The summed E-state index contributed by atoms with van der Waals surface area (Å²) in [4.78, 5) is 14.5. The molecule has 0 saturated carbocycles. The van der Waals surface area contributed by atoms with Crippen molar-refractivity contribution in [1.82, 2.24) is 9.38 Å². The van der Waals surface area contributed by atoms with E-state index in [1.54, 1.807) is 10.7 Å². The van der Waals surface area contributed by atoms with Crippen LogP contribution in [0, 0.1) is 0 Å². The summed E-state index contributed by atoms with van der Waals surface area (Å²) in [5.74, 6) is 0. The molecule has 0 aromatic carbocycles. The van der Waals surface area contributed by atoms with Gasteiger partial charge in [-0.05, 0) is 28.1 Å². The Kier molecular flexibility index (Phi) is 1.69. The minimum atomic E-state index is 0.461. The molecule has 2 aromatic rings. The van der Waals surface area contributed by atoms with Gasteiger partial charge in [-0.15, -0.1) is 0 Å². The van der Waals surface area contributed by atoms with E-state index in [1.165, 1.54) is 0 Å². The zero-order valence-corrected chi connectivity index (χ0v) is 7.65. The van der Waals surface area contributed by atoms with Gasteiger partial charge in [0.15, 0.2) is 6.29 Å². The molecule has 0 amide bonds. The highest BCUT2D eigenvalue weighted by molar-refractivity contribution is 9.10. The highest BCUT2D eigenvalue weighted by Crippen LogP contribution is 2.19. The van der Waals surface area contributed by atoms with Crippen LogP contribution in [0.2, 0.25) is 0 Å². The van der Waals surface area contributed by atoms with Crippen LogP contribution < -0.4 is 0 Å². The minimum Gasteiger partial charge on any atom is -0.305 e. The summed E-state index contributed by atoms with van der Waals surface area (Å²) in [6.07, 6.45) is 4.21. The lowest BCUT2D eigenvalue weighted by atomic mass is 10.3. The summed E-state index contributed by atoms with van der Waals surface area (Å²) in [5.41, 5.74) is 1.27. The van der Waals surface area contributed by atoms with Crippen LogP contribution in [0.3, 0.4) is 0 Å². The molecule has 0 aliphatic carbocycles. The van der Waals surface area contributed by atoms with Gasteiger partial charge in [0.05, 0.1) is 5.52 Å². The SMILES string of the molecule is O=Cc1ncn2cccc(Br)c12. The number of hydrogen-bond donors (Lipinski definition) is 0. The number of pyridine rings is 1. The molecule has 0 spiro atoms. The predicted octanol–water partition coefficient (Wildman–Crippen LogP) is 1.91. The van der Waals surface area contributed by atoms with Crippen molar-refractivity contribution in [3.63, 3.8) is 0 Å². The van der Waals surface area contributed by atoms with Gasteiger partial charge in [0.1, 0.15) is 12.0 Å². The molecule has 60 valence electrons. The van der Waals surface area contributed by atoms with Gasteiger partial charge < -0.3 is 4.40 Å². The normalized spacial score (nSPS) is 10.4. The van der Waals surface area contributed by atoms with Gasteiger partial charge in [-0.25, -0.2) is 4.98 Å². The van der Waals surface area contributed by atoms with Crippen molar-refractivity contribution < 1.29 is 4.79 Å². The molecule has 2 rings (SSSR count). The Morgan fingerprint density at radius 3 is 3.17 bits per heavy atom. The van der Waals surface area contributed by atoms with Crippen molar-refractivity contribution in [2.45, 2.75) is 0 Å². The first-order valence-corrected chi connectivity index (χ1v) is 4.18. The molecule has 2 heterocycles. The Morgan fingerprint density at radius 2 is 2.42 bits per heavy atom. The monoisotopic (exact) mass is 224 g/mol. The van der Waals surface area contributed by atoms with E-state index in [9.17, 15) is 4.79 Å². The van der Waals surface area contributed by atoms with Crippen LogP contribution in [0.5, 0.6) is 0 Å². The predicted molar refractivity (Wildman–Crippen MR) is 48.3 cm³/mol. The number of carbonyl (C=O) groups is 1. The molecule has 0 saturated heterocycles. The molecule has 0 aliphatic rings. The Morgan fingerprint density at radius 1 is 1.58 bits per heavy atom. The summed E-state index contributed by atoms with van der Waals surface area (Å²) in [6.45, 7) is 0. The van der Waals surface area contributed by atoms with Crippen LogP contribution in [0.1, 0.15) is 10.5 Å². The zero-order valence-electron chi connectivity index (χ0n) is 6.07. The van der Waals surface area contributed by atoms with Crippen LogP contribution in [-0.2, 0) is 0 Å². The molecule has 0 atom stereocenters. The number of aromatic nitrogens is 2. The Labute approximate surface area is 77.2 Å². The molecule has 12 heavy (non-hydrogen) atoms. The molecular weight excluding hydrogens is 220 g/mol. The first kappa shape index (κ1) is 7.49. The van der Waals surface area contributed by atoms with Crippen molar-refractivity contribution in [2.24, 2.45) is 0 Å². The smallest absolute Gasteiger partial charge is 0.170 e. The van der Waals surface area contributed by atoms with E-state index in [1.807, 2.05) is 18.3 Å². The Bertz CT molecular complexity index is 436. The number of fused-ring (bicyclic) bond motifs is 1. The Balaban J connectivity index is 2.91. The van der Waals surface area contributed by atoms with Gasteiger partial charge in [-0.3, -0.25) is 4.79 Å². The molecular formula is C8H5BrN2O. The number of aldehydes is 1. The number of rotatable bonds is 1. The van der Waals surface area contributed by atoms with E-state index in [-0.39, 0.29) is 0 Å². The van der Waals surface area contributed by atoms with E-state index >= 15 is 0 Å². The van der Waals surface area contributed by atoms with E-state index in [0.29, 0.717) is 5.69 Å². The van der Waals surface area contributed by atoms with Gasteiger partial charge in [0, 0.05) is 10.7 Å². The first-order valence-electron chi connectivity index (χ1n) is 3.39. The van der Waals surface area contributed by atoms with Crippen LogP contribution in [0.25, 0.3) is 5.52 Å². The lowest BCUT2D eigenvalue weighted by Crippen LogP contribution is -1.84. The quantitative estimate of drug-likeness (QED) is 0.694. The molecule has 0 aliphatic heterocycles. The second-order valence-electron chi connectivity index (χ2n) is 2.36. The third kappa shape index (κ3) is 0.956. The van der Waals surface area contributed by atoms with Gasteiger partial charge in [0.2, 0.25) is 0 Å². The van der Waals surface area contributed by atoms with Gasteiger partial charge in [-0.2, -0.15) is 0 Å². The van der Waals surface area contributed by atoms with Crippen molar-refractivity contribution in [1.29, 1.82) is 0 Å². The maximum atomic E-state index is 10.5. The topological polar surface area (TPSA) is 34.4 Å². The number of halogens is 1. The summed E-state index contributed by atoms with van der Waals surface area (Å²) < 4.78 is 2.68. The summed E-state index contributed by atoms with van der Waals surface area (Å²) >= 11 is 3.35. The minimum absolute atomic E-state index is 0.461. The fraction of sp³-hybridized carbons (Fsp3) is 0. The Hall–Kier alpha value is -1.16. The fourth-order valence-corrected chi connectivity index (χ4v) is 1.68. The molecule has 3 nitrogen and oxygen atoms in total. The van der Waals surface area contributed by atoms with Crippen molar-refractivity contribution >= 4 is 27.7 Å². The maximum absolute atomic E-state index is 10.5. The van der Waals surface area contributed by atoms with Crippen LogP contribution >= 0.6 is 15.9 Å². The number of hydrogen-bond acceptors (Lipinski definition) is 2. The standard InChI is InChI=1S/C8H5BrN2O/c9-6-2-1-3-11-5-10-7(4-12)8(6)11/h1-5H. The van der Waals surface area contributed by atoms with Crippen molar-refractivity contribution in [3.05, 3.63) is 34.8 Å². The summed E-state index contributed by atoms with van der Waals surface area (Å²) in [5, 5.41) is 0. The van der Waals surface area contributed by atoms with Crippen molar-refractivity contribution in [2.75, 3.05) is 0 Å². The van der Waals surface area contributed by atoms with Crippen LogP contribution in [0.4, 0.5) is 0 Å². The fourth-order valence-electron chi connectivity index (χ4n) is 1.12. The highest BCUT2D eigenvalue weighted by Gasteiger charge is 2.04. The highest BCUT2D eigenvalue weighted by atomic mass is 79.9. The van der Waals surface area contributed by atoms with E-state index in [2.05, 4.69) is 20.9 Å². The molecule has 0 radical (unpaired) electrons. The number of imidazole rings is 1. The summed E-state index contributed by atoms with van der Waals surface area (Å²) in [7, 11) is 0. The second kappa shape index (κ2) is 2.71. The third-order valence-corrected chi connectivity index (χ3v) is 2.29. The molecule has 2 aromatic heterocycles. The van der Waals surface area contributed by atoms with E-state index in [0.717, 1.165) is 16.3 Å². The lowest BCUT2D eigenvalue weighted by Gasteiger charge is -1.94. The third-order valence-electron chi connectivity index (χ3n) is 1.65. The first-order chi connectivity index (χ1) is 5.83. The van der Waals surface area contributed by atoms with Crippen LogP contribution in [-0.4, -0.2) is 15.7 Å². The van der Waals surface area contributed by atoms with Gasteiger partial charge >= 0.3 is 0 Å². The molecule has 0 fully saturated rings. The molecule has 0 bridgehead atoms. The maximum Gasteiger partial charge on any atom is 0.170 e. The van der Waals surface area contributed by atoms with E-state index < -0.39 is 0 Å². The molecule has 4 heteroatoms. The zero-order chi connectivity index (χ0) is 8.55. The largest absolute Gasteiger partial charge is 0.305 e. The van der Waals surface area contributed by atoms with Crippen molar-refractivity contribution in [3.8, 4) is 0 Å². The average Bonchev–Trinajstić information content (AvgIpc) is 2.49. The lowest BCUT2D eigenvalue weighted by molar-refractivity contribution is 0.112.